The Morgan fingerprint density at radius 1 is 1.29 bits per heavy atom. The molecule has 1 unspecified atom stereocenters. The Balaban J connectivity index is 1.50. The number of halogens is 1. The lowest BCUT2D eigenvalue weighted by molar-refractivity contribution is -0.122. The highest BCUT2D eigenvalue weighted by molar-refractivity contribution is 6.31. The van der Waals surface area contributed by atoms with Crippen molar-refractivity contribution in [3.8, 4) is 0 Å². The predicted molar refractivity (Wildman–Crippen MR) is 92.6 cm³/mol. The van der Waals surface area contributed by atoms with Crippen LogP contribution in [0.2, 0.25) is 5.02 Å². The minimum absolute atomic E-state index is 0.0618. The van der Waals surface area contributed by atoms with Crippen LogP contribution in [0.3, 0.4) is 0 Å². The molecule has 1 amide bonds. The SMILES string of the molecule is CC(NCc1nnc2n1CCCC2)C(=O)NCc1ccccc1Cl. The molecule has 1 aliphatic rings. The number of amides is 1. The van der Waals surface area contributed by atoms with Crippen molar-refractivity contribution in [3.63, 3.8) is 0 Å². The van der Waals surface area contributed by atoms with Crippen LogP contribution in [0.25, 0.3) is 0 Å². The van der Waals surface area contributed by atoms with Gasteiger partial charge >= 0.3 is 0 Å². The third-order valence-corrected chi connectivity index (χ3v) is 4.68. The van der Waals surface area contributed by atoms with Crippen molar-refractivity contribution in [1.29, 1.82) is 0 Å². The molecule has 7 heteroatoms. The Kier molecular flexibility index (Phi) is 5.48. The third kappa shape index (κ3) is 3.94. The summed E-state index contributed by atoms with van der Waals surface area (Å²) in [6.07, 6.45) is 3.32. The predicted octanol–water partition coefficient (Wildman–Crippen LogP) is 2.06. The van der Waals surface area contributed by atoms with Gasteiger partial charge in [-0.2, -0.15) is 0 Å². The summed E-state index contributed by atoms with van der Waals surface area (Å²) in [5, 5.41) is 15.2. The molecule has 3 rings (SSSR count). The lowest BCUT2D eigenvalue weighted by Crippen LogP contribution is -2.42. The van der Waals surface area contributed by atoms with Gasteiger partial charge in [-0.15, -0.1) is 10.2 Å². The van der Waals surface area contributed by atoms with Crippen LogP contribution < -0.4 is 10.6 Å². The Bertz CT molecular complexity index is 715. The Labute approximate surface area is 146 Å². The summed E-state index contributed by atoms with van der Waals surface area (Å²) in [6, 6.07) is 7.19. The molecule has 1 aromatic heterocycles. The van der Waals surface area contributed by atoms with Crippen LogP contribution in [0.1, 0.15) is 37.0 Å². The zero-order chi connectivity index (χ0) is 16.9. The molecule has 2 N–H and O–H groups in total. The van der Waals surface area contributed by atoms with E-state index in [4.69, 9.17) is 11.6 Å². The van der Waals surface area contributed by atoms with Crippen LogP contribution in [0.15, 0.2) is 24.3 Å². The average molecular weight is 348 g/mol. The van der Waals surface area contributed by atoms with Gasteiger partial charge in [0.05, 0.1) is 12.6 Å². The molecule has 24 heavy (non-hydrogen) atoms. The normalized spacial score (nSPS) is 14.9. The molecular weight excluding hydrogens is 326 g/mol. The molecule has 0 aliphatic carbocycles. The van der Waals surface area contributed by atoms with E-state index in [-0.39, 0.29) is 11.9 Å². The van der Waals surface area contributed by atoms with Crippen molar-refractivity contribution in [1.82, 2.24) is 25.4 Å². The second-order valence-corrected chi connectivity index (χ2v) is 6.46. The molecule has 0 bridgehead atoms. The molecular formula is C17H22ClN5O. The first-order valence-electron chi connectivity index (χ1n) is 8.30. The number of carbonyl (C=O) groups is 1. The number of carbonyl (C=O) groups excluding carboxylic acids is 1. The number of rotatable bonds is 6. The summed E-state index contributed by atoms with van der Waals surface area (Å²) in [6.45, 7) is 3.76. The van der Waals surface area contributed by atoms with Gasteiger partial charge < -0.3 is 9.88 Å². The van der Waals surface area contributed by atoms with Crippen molar-refractivity contribution in [3.05, 3.63) is 46.5 Å². The number of nitrogens with zero attached hydrogens (tertiary/aromatic N) is 3. The van der Waals surface area contributed by atoms with Crippen molar-refractivity contribution in [2.45, 2.75) is 51.9 Å². The zero-order valence-corrected chi connectivity index (χ0v) is 14.5. The van der Waals surface area contributed by atoms with Gasteiger partial charge in [-0.25, -0.2) is 0 Å². The maximum atomic E-state index is 12.2. The van der Waals surface area contributed by atoms with Crippen LogP contribution in [0, 0.1) is 0 Å². The van der Waals surface area contributed by atoms with E-state index in [9.17, 15) is 4.79 Å². The van der Waals surface area contributed by atoms with Crippen LogP contribution in [0.4, 0.5) is 0 Å². The van der Waals surface area contributed by atoms with Crippen LogP contribution >= 0.6 is 11.6 Å². The highest BCUT2D eigenvalue weighted by Crippen LogP contribution is 2.15. The minimum atomic E-state index is -0.316. The van der Waals surface area contributed by atoms with Crippen molar-refractivity contribution in [2.75, 3.05) is 0 Å². The van der Waals surface area contributed by atoms with E-state index in [2.05, 4.69) is 25.4 Å². The first-order chi connectivity index (χ1) is 11.6. The van der Waals surface area contributed by atoms with Gasteiger partial charge in [-0.05, 0) is 31.4 Å². The molecule has 2 heterocycles. The molecule has 1 aliphatic heterocycles. The molecule has 0 spiro atoms. The topological polar surface area (TPSA) is 71.8 Å². The Hall–Kier alpha value is -1.92. The summed E-state index contributed by atoms with van der Waals surface area (Å²) in [5.41, 5.74) is 0.909. The van der Waals surface area contributed by atoms with E-state index < -0.39 is 0 Å². The number of benzene rings is 1. The maximum Gasteiger partial charge on any atom is 0.237 e. The molecule has 0 fully saturated rings. The summed E-state index contributed by atoms with van der Waals surface area (Å²) in [4.78, 5) is 12.2. The van der Waals surface area contributed by atoms with Crippen LogP contribution in [-0.2, 0) is 30.8 Å². The van der Waals surface area contributed by atoms with Gasteiger partial charge in [-0.3, -0.25) is 10.1 Å². The van der Waals surface area contributed by atoms with Crippen LogP contribution in [-0.4, -0.2) is 26.7 Å². The summed E-state index contributed by atoms with van der Waals surface area (Å²) >= 11 is 6.10. The zero-order valence-electron chi connectivity index (χ0n) is 13.8. The fourth-order valence-corrected chi connectivity index (χ4v) is 3.02. The Morgan fingerprint density at radius 2 is 2.12 bits per heavy atom. The Morgan fingerprint density at radius 3 is 2.96 bits per heavy atom. The molecule has 0 saturated heterocycles. The molecule has 2 aromatic rings. The third-order valence-electron chi connectivity index (χ3n) is 4.31. The number of hydrogen-bond donors (Lipinski definition) is 2. The largest absolute Gasteiger partial charge is 0.351 e. The molecule has 1 aromatic carbocycles. The number of fused-ring (bicyclic) bond motifs is 1. The number of hydrogen-bond acceptors (Lipinski definition) is 4. The van der Waals surface area contributed by atoms with E-state index in [1.807, 2.05) is 31.2 Å². The highest BCUT2D eigenvalue weighted by atomic mass is 35.5. The maximum absolute atomic E-state index is 12.2. The van der Waals surface area contributed by atoms with Gasteiger partial charge in [0.1, 0.15) is 11.6 Å². The fourth-order valence-electron chi connectivity index (χ4n) is 2.81. The molecule has 6 nitrogen and oxygen atoms in total. The number of aryl methyl sites for hydroxylation is 1. The molecule has 1 atom stereocenters. The van der Waals surface area contributed by atoms with Gasteiger partial charge in [0.2, 0.25) is 5.91 Å². The first-order valence-corrected chi connectivity index (χ1v) is 8.68. The molecule has 128 valence electrons. The van der Waals surface area contributed by atoms with E-state index in [1.54, 1.807) is 0 Å². The number of aromatic nitrogens is 3. The van der Waals surface area contributed by atoms with E-state index in [0.29, 0.717) is 18.1 Å². The monoisotopic (exact) mass is 347 g/mol. The van der Waals surface area contributed by atoms with Gasteiger partial charge in [-0.1, -0.05) is 29.8 Å². The number of nitrogens with one attached hydrogen (secondary N) is 2. The van der Waals surface area contributed by atoms with Crippen molar-refractivity contribution in [2.24, 2.45) is 0 Å². The standard InChI is InChI=1S/C17H22ClN5O/c1-12(17(24)20-10-13-6-2-3-7-14(13)18)19-11-16-22-21-15-8-4-5-9-23(15)16/h2-3,6-7,12,19H,4-5,8-11H2,1H3,(H,20,24). The van der Waals surface area contributed by atoms with Crippen LogP contribution in [0.5, 0.6) is 0 Å². The second-order valence-electron chi connectivity index (χ2n) is 6.05. The van der Waals surface area contributed by atoms with E-state index in [1.165, 1.54) is 6.42 Å². The fraction of sp³-hybridized carbons (Fsp3) is 0.471. The second kappa shape index (κ2) is 7.77. The van der Waals surface area contributed by atoms with Gasteiger partial charge in [0, 0.05) is 24.5 Å². The first kappa shape index (κ1) is 16.9. The summed E-state index contributed by atoms with van der Waals surface area (Å²) < 4.78 is 2.16. The summed E-state index contributed by atoms with van der Waals surface area (Å²) in [7, 11) is 0. The van der Waals surface area contributed by atoms with E-state index >= 15 is 0 Å². The minimum Gasteiger partial charge on any atom is -0.351 e. The van der Waals surface area contributed by atoms with Crippen molar-refractivity contribution < 1.29 is 4.79 Å². The highest BCUT2D eigenvalue weighted by Gasteiger charge is 2.18. The lowest BCUT2D eigenvalue weighted by Gasteiger charge is -2.17. The van der Waals surface area contributed by atoms with Gasteiger partial charge in [0.15, 0.2) is 0 Å². The van der Waals surface area contributed by atoms with E-state index in [0.717, 1.165) is 36.6 Å². The van der Waals surface area contributed by atoms with Crippen molar-refractivity contribution >= 4 is 17.5 Å². The molecule has 0 radical (unpaired) electrons. The lowest BCUT2D eigenvalue weighted by atomic mass is 10.1. The smallest absolute Gasteiger partial charge is 0.237 e. The average Bonchev–Trinajstić information content (AvgIpc) is 3.02. The quantitative estimate of drug-likeness (QED) is 0.839. The molecule has 0 saturated carbocycles. The van der Waals surface area contributed by atoms with Gasteiger partial charge in [0.25, 0.3) is 0 Å². The summed E-state index contributed by atoms with van der Waals surface area (Å²) in [5.74, 6) is 1.89.